The van der Waals surface area contributed by atoms with Crippen LogP contribution in [0.1, 0.15) is 23.2 Å². The van der Waals surface area contributed by atoms with Gasteiger partial charge in [-0.05, 0) is 30.9 Å². The first-order valence-corrected chi connectivity index (χ1v) is 9.11. The van der Waals surface area contributed by atoms with Crippen LogP contribution in [-0.2, 0) is 7.05 Å². The average Bonchev–Trinajstić information content (AvgIpc) is 3.13. The molecule has 1 amide bonds. The Morgan fingerprint density at radius 3 is 2.81 bits per heavy atom. The van der Waals surface area contributed by atoms with E-state index in [1.54, 1.807) is 30.0 Å². The van der Waals surface area contributed by atoms with E-state index in [1.165, 1.54) is 4.68 Å². The third kappa shape index (κ3) is 3.55. The molecular formula is C19H22N6O2. The molecule has 0 saturated carbocycles. The van der Waals surface area contributed by atoms with Crippen LogP contribution in [-0.4, -0.2) is 44.9 Å². The molecule has 4 heterocycles. The molecule has 0 radical (unpaired) electrons. The van der Waals surface area contributed by atoms with Gasteiger partial charge in [0.15, 0.2) is 0 Å². The van der Waals surface area contributed by atoms with E-state index in [4.69, 9.17) is 0 Å². The van der Waals surface area contributed by atoms with Gasteiger partial charge in [0.05, 0.1) is 29.2 Å². The quantitative estimate of drug-likeness (QED) is 0.747. The van der Waals surface area contributed by atoms with Gasteiger partial charge in [-0.3, -0.25) is 9.59 Å². The van der Waals surface area contributed by atoms with E-state index in [0.29, 0.717) is 18.0 Å². The molecule has 8 heteroatoms. The van der Waals surface area contributed by atoms with E-state index in [-0.39, 0.29) is 11.5 Å². The Kier molecular flexibility index (Phi) is 4.62. The van der Waals surface area contributed by atoms with Gasteiger partial charge in [0.1, 0.15) is 0 Å². The number of hydrogen-bond acceptors (Lipinski definition) is 5. The number of aromatic nitrogens is 4. The first kappa shape index (κ1) is 17.3. The molecule has 0 spiro atoms. The zero-order chi connectivity index (χ0) is 18.8. The van der Waals surface area contributed by atoms with Crippen LogP contribution in [0.4, 0.5) is 5.69 Å². The van der Waals surface area contributed by atoms with Crippen LogP contribution in [0.15, 0.2) is 47.7 Å². The standard InChI is InChI=1S/C19H22N6O2/c1-23-18(26)10-15(12-21-23)24-8-5-14(6-9-24)11-20-19(27)16-13-22-25-7-3-2-4-17(16)25/h2-4,7,10,12-14H,5-6,8-9,11H2,1H3,(H,20,27). The van der Waals surface area contributed by atoms with Gasteiger partial charge in [-0.2, -0.15) is 10.2 Å². The zero-order valence-electron chi connectivity index (χ0n) is 15.2. The van der Waals surface area contributed by atoms with Gasteiger partial charge in [0.2, 0.25) is 0 Å². The number of nitrogens with one attached hydrogen (secondary N) is 1. The molecule has 140 valence electrons. The lowest BCUT2D eigenvalue weighted by molar-refractivity contribution is 0.0946. The van der Waals surface area contributed by atoms with Crippen LogP contribution in [0.25, 0.3) is 5.52 Å². The van der Waals surface area contributed by atoms with Crippen LogP contribution in [0, 0.1) is 5.92 Å². The minimum atomic E-state index is -0.102. The van der Waals surface area contributed by atoms with Crippen molar-refractivity contribution in [3.63, 3.8) is 0 Å². The minimum absolute atomic E-state index is 0.0885. The lowest BCUT2D eigenvalue weighted by atomic mass is 9.96. The van der Waals surface area contributed by atoms with Gasteiger partial charge in [-0.15, -0.1) is 0 Å². The fourth-order valence-electron chi connectivity index (χ4n) is 3.47. The van der Waals surface area contributed by atoms with Crippen LogP contribution in [0.5, 0.6) is 0 Å². The number of piperidine rings is 1. The Labute approximate surface area is 156 Å². The van der Waals surface area contributed by atoms with Gasteiger partial charge >= 0.3 is 0 Å². The molecule has 3 aromatic rings. The van der Waals surface area contributed by atoms with E-state index < -0.39 is 0 Å². The van der Waals surface area contributed by atoms with Crippen molar-refractivity contribution >= 4 is 17.1 Å². The molecule has 1 saturated heterocycles. The number of fused-ring (bicyclic) bond motifs is 1. The maximum absolute atomic E-state index is 12.5. The lowest BCUT2D eigenvalue weighted by Gasteiger charge is -2.33. The van der Waals surface area contributed by atoms with Gasteiger partial charge < -0.3 is 10.2 Å². The molecule has 1 fully saturated rings. The monoisotopic (exact) mass is 366 g/mol. The highest BCUT2D eigenvalue weighted by atomic mass is 16.1. The molecule has 3 aromatic heterocycles. The third-order valence-corrected chi connectivity index (χ3v) is 5.16. The SMILES string of the molecule is Cn1ncc(N2CCC(CNC(=O)c3cnn4ccccc34)CC2)cc1=O. The summed E-state index contributed by atoms with van der Waals surface area (Å²) in [4.78, 5) is 26.4. The number of carbonyl (C=O) groups excluding carboxylic acids is 1. The predicted molar refractivity (Wildman–Crippen MR) is 102 cm³/mol. The van der Waals surface area contributed by atoms with Crippen LogP contribution in [0.2, 0.25) is 0 Å². The number of aryl methyl sites for hydroxylation is 1. The number of amides is 1. The maximum Gasteiger partial charge on any atom is 0.268 e. The smallest absolute Gasteiger partial charge is 0.268 e. The van der Waals surface area contributed by atoms with Crippen LogP contribution < -0.4 is 15.8 Å². The number of rotatable bonds is 4. The predicted octanol–water partition coefficient (Wildman–Crippen LogP) is 1.07. The molecule has 0 bridgehead atoms. The number of nitrogens with zero attached hydrogens (tertiary/aromatic N) is 5. The number of pyridine rings is 1. The summed E-state index contributed by atoms with van der Waals surface area (Å²) < 4.78 is 3.03. The molecule has 1 aliphatic rings. The highest BCUT2D eigenvalue weighted by Gasteiger charge is 2.21. The summed E-state index contributed by atoms with van der Waals surface area (Å²) in [6.07, 6.45) is 7.09. The normalized spacial score (nSPS) is 15.2. The Balaban J connectivity index is 1.32. The molecule has 27 heavy (non-hydrogen) atoms. The topological polar surface area (TPSA) is 84.5 Å². The number of hydrogen-bond donors (Lipinski definition) is 1. The zero-order valence-corrected chi connectivity index (χ0v) is 15.2. The first-order valence-electron chi connectivity index (χ1n) is 9.11. The lowest BCUT2D eigenvalue weighted by Crippen LogP contribution is -2.39. The van der Waals surface area contributed by atoms with E-state index in [2.05, 4.69) is 20.4 Å². The molecular weight excluding hydrogens is 344 g/mol. The fourth-order valence-corrected chi connectivity index (χ4v) is 3.47. The number of carbonyl (C=O) groups is 1. The average molecular weight is 366 g/mol. The molecule has 4 rings (SSSR count). The van der Waals surface area contributed by atoms with Gasteiger partial charge in [-0.25, -0.2) is 9.20 Å². The minimum Gasteiger partial charge on any atom is -0.370 e. The summed E-state index contributed by atoms with van der Waals surface area (Å²) in [5.74, 6) is 0.334. The summed E-state index contributed by atoms with van der Waals surface area (Å²) >= 11 is 0. The Hall–Kier alpha value is -3.16. The van der Waals surface area contributed by atoms with Crippen molar-refractivity contribution in [2.24, 2.45) is 13.0 Å². The molecule has 1 aliphatic heterocycles. The van der Waals surface area contributed by atoms with E-state index in [1.807, 2.05) is 24.4 Å². The van der Waals surface area contributed by atoms with Crippen LogP contribution >= 0.6 is 0 Å². The summed E-state index contributed by atoms with van der Waals surface area (Å²) in [5, 5.41) is 11.3. The van der Waals surface area contributed by atoms with Gasteiger partial charge in [-0.1, -0.05) is 6.07 Å². The second-order valence-corrected chi connectivity index (χ2v) is 6.90. The van der Waals surface area contributed by atoms with Gasteiger partial charge in [0, 0.05) is 38.9 Å². The molecule has 8 nitrogen and oxygen atoms in total. The van der Waals surface area contributed by atoms with Crippen molar-refractivity contribution in [2.45, 2.75) is 12.8 Å². The molecule has 1 N–H and O–H groups in total. The summed E-state index contributed by atoms with van der Waals surface area (Å²) in [6.45, 7) is 2.35. The fraction of sp³-hybridized carbons (Fsp3) is 0.368. The summed E-state index contributed by atoms with van der Waals surface area (Å²) in [7, 11) is 1.64. The number of anilines is 1. The summed E-state index contributed by atoms with van der Waals surface area (Å²) in [6, 6.07) is 7.29. The van der Waals surface area contributed by atoms with Crippen molar-refractivity contribution in [2.75, 3.05) is 24.5 Å². The van der Waals surface area contributed by atoms with E-state index in [9.17, 15) is 9.59 Å². The molecule has 0 aromatic carbocycles. The Morgan fingerprint density at radius 2 is 2.04 bits per heavy atom. The van der Waals surface area contributed by atoms with Crippen LogP contribution in [0.3, 0.4) is 0 Å². The van der Waals surface area contributed by atoms with E-state index >= 15 is 0 Å². The maximum atomic E-state index is 12.5. The van der Waals surface area contributed by atoms with Gasteiger partial charge in [0.25, 0.3) is 11.5 Å². The second-order valence-electron chi connectivity index (χ2n) is 6.90. The van der Waals surface area contributed by atoms with E-state index in [0.717, 1.165) is 37.1 Å². The highest BCUT2D eigenvalue weighted by Crippen LogP contribution is 2.21. The van der Waals surface area contributed by atoms with Crippen molar-refractivity contribution < 1.29 is 4.79 Å². The third-order valence-electron chi connectivity index (χ3n) is 5.16. The molecule has 0 aliphatic carbocycles. The Bertz CT molecular complexity index is 1020. The van der Waals surface area contributed by atoms with Crippen molar-refractivity contribution in [3.8, 4) is 0 Å². The molecule has 0 unspecified atom stereocenters. The first-order chi connectivity index (χ1) is 13.1. The van der Waals surface area contributed by atoms with Crippen molar-refractivity contribution in [3.05, 3.63) is 58.8 Å². The Morgan fingerprint density at radius 1 is 1.22 bits per heavy atom. The largest absolute Gasteiger partial charge is 0.370 e. The van der Waals surface area contributed by atoms with Crippen molar-refractivity contribution in [1.82, 2.24) is 24.7 Å². The highest BCUT2D eigenvalue weighted by molar-refractivity contribution is 6.00. The summed E-state index contributed by atoms with van der Waals surface area (Å²) in [5.41, 5.74) is 2.17. The molecule has 0 atom stereocenters. The van der Waals surface area contributed by atoms with Crippen molar-refractivity contribution in [1.29, 1.82) is 0 Å². The second kappa shape index (κ2) is 7.22.